The summed E-state index contributed by atoms with van der Waals surface area (Å²) >= 11 is 0. The minimum atomic E-state index is -4.02. The Balaban J connectivity index is 1.45. The predicted molar refractivity (Wildman–Crippen MR) is 148 cm³/mol. The van der Waals surface area contributed by atoms with Crippen molar-refractivity contribution in [2.24, 2.45) is 5.92 Å². The van der Waals surface area contributed by atoms with Gasteiger partial charge in [0.05, 0.1) is 12.0 Å². The standard InChI is InChI=1S/C29H30N2O7S/c1-4-18(5-2)27(29(33)34)31-39(35,36)24-13-8-20(9-14-24)19-6-10-22(11-7-19)30-28(32)26-17-21-16-23(37-3)12-15-25(21)38-26/h6-18,27,31H,4-5H2,1-3H3,(H,30,32)(H,33,34)/t27-/m0/s1. The van der Waals surface area contributed by atoms with Gasteiger partial charge in [0.25, 0.3) is 5.91 Å². The van der Waals surface area contributed by atoms with Crippen LogP contribution in [0.3, 0.4) is 0 Å². The van der Waals surface area contributed by atoms with Crippen molar-refractivity contribution in [3.05, 3.63) is 78.6 Å². The molecule has 9 nitrogen and oxygen atoms in total. The first kappa shape index (κ1) is 27.9. The van der Waals surface area contributed by atoms with Gasteiger partial charge in [0.2, 0.25) is 10.0 Å². The van der Waals surface area contributed by atoms with Crippen LogP contribution in [-0.2, 0) is 14.8 Å². The summed E-state index contributed by atoms with van der Waals surface area (Å²) in [6, 6.07) is 19.0. The number of sulfonamides is 1. The number of ether oxygens (including phenoxy) is 1. The molecule has 3 N–H and O–H groups in total. The van der Waals surface area contributed by atoms with Crippen molar-refractivity contribution >= 4 is 38.6 Å². The van der Waals surface area contributed by atoms with Crippen molar-refractivity contribution in [3.63, 3.8) is 0 Å². The Hall–Kier alpha value is -4.15. The van der Waals surface area contributed by atoms with E-state index < -0.39 is 27.9 Å². The molecule has 4 rings (SSSR count). The van der Waals surface area contributed by atoms with Crippen molar-refractivity contribution in [1.82, 2.24) is 4.72 Å². The number of rotatable bonds is 11. The Morgan fingerprint density at radius 3 is 2.10 bits per heavy atom. The third kappa shape index (κ3) is 6.30. The summed E-state index contributed by atoms with van der Waals surface area (Å²) in [7, 11) is -2.46. The first-order valence-corrected chi connectivity index (χ1v) is 14.0. The van der Waals surface area contributed by atoms with E-state index in [2.05, 4.69) is 10.0 Å². The fraction of sp³-hybridized carbons (Fsp3) is 0.241. The monoisotopic (exact) mass is 550 g/mol. The van der Waals surface area contributed by atoms with E-state index in [0.29, 0.717) is 29.9 Å². The zero-order valence-electron chi connectivity index (χ0n) is 21.8. The second kappa shape index (κ2) is 11.7. The molecule has 0 fully saturated rings. The summed E-state index contributed by atoms with van der Waals surface area (Å²) < 4.78 is 38.9. The molecule has 0 aliphatic heterocycles. The number of amides is 1. The molecule has 4 aromatic rings. The summed E-state index contributed by atoms with van der Waals surface area (Å²) in [5.41, 5.74) is 2.70. The maximum absolute atomic E-state index is 12.9. The van der Waals surface area contributed by atoms with Crippen molar-refractivity contribution in [1.29, 1.82) is 0 Å². The van der Waals surface area contributed by atoms with E-state index >= 15 is 0 Å². The highest BCUT2D eigenvalue weighted by Gasteiger charge is 2.30. The van der Waals surface area contributed by atoms with Gasteiger partial charge in [-0.2, -0.15) is 4.72 Å². The van der Waals surface area contributed by atoms with Crippen LogP contribution in [-0.4, -0.2) is 38.6 Å². The molecule has 204 valence electrons. The Morgan fingerprint density at radius 2 is 1.54 bits per heavy atom. The number of hydrogen-bond acceptors (Lipinski definition) is 6. The number of carboxylic acids is 1. The van der Waals surface area contributed by atoms with E-state index in [1.165, 1.54) is 12.1 Å². The molecule has 0 saturated heterocycles. The van der Waals surface area contributed by atoms with E-state index in [1.54, 1.807) is 67.8 Å². The molecule has 0 saturated carbocycles. The molecular weight excluding hydrogens is 520 g/mol. The van der Waals surface area contributed by atoms with Gasteiger partial charge in [0.15, 0.2) is 5.76 Å². The lowest BCUT2D eigenvalue weighted by molar-refractivity contribution is -0.140. The van der Waals surface area contributed by atoms with Crippen LogP contribution < -0.4 is 14.8 Å². The van der Waals surface area contributed by atoms with Crippen LogP contribution in [0.15, 0.2) is 82.1 Å². The van der Waals surface area contributed by atoms with Gasteiger partial charge >= 0.3 is 5.97 Å². The number of fused-ring (bicyclic) bond motifs is 1. The Kier molecular flexibility index (Phi) is 8.37. The molecule has 0 unspecified atom stereocenters. The second-order valence-electron chi connectivity index (χ2n) is 9.08. The number of carbonyl (C=O) groups is 2. The zero-order chi connectivity index (χ0) is 28.2. The maximum Gasteiger partial charge on any atom is 0.322 e. The van der Waals surface area contributed by atoms with Gasteiger partial charge in [-0.25, -0.2) is 8.42 Å². The van der Waals surface area contributed by atoms with Crippen LogP contribution in [0.5, 0.6) is 5.75 Å². The maximum atomic E-state index is 12.9. The van der Waals surface area contributed by atoms with E-state index in [1.807, 2.05) is 13.8 Å². The molecule has 0 spiro atoms. The van der Waals surface area contributed by atoms with E-state index in [-0.39, 0.29) is 16.6 Å². The Morgan fingerprint density at radius 1 is 0.923 bits per heavy atom. The lowest BCUT2D eigenvalue weighted by atomic mass is 9.95. The van der Waals surface area contributed by atoms with Crippen LogP contribution in [0.1, 0.15) is 37.2 Å². The third-order valence-electron chi connectivity index (χ3n) is 6.66. The summed E-state index contributed by atoms with van der Waals surface area (Å²) in [4.78, 5) is 24.4. The number of furan rings is 1. The lowest BCUT2D eigenvalue weighted by Gasteiger charge is -2.22. The molecule has 1 aromatic heterocycles. The Labute approximate surface area is 226 Å². The molecule has 39 heavy (non-hydrogen) atoms. The minimum Gasteiger partial charge on any atom is -0.497 e. The van der Waals surface area contributed by atoms with E-state index in [9.17, 15) is 23.1 Å². The largest absolute Gasteiger partial charge is 0.497 e. The smallest absolute Gasteiger partial charge is 0.322 e. The summed E-state index contributed by atoms with van der Waals surface area (Å²) in [6.45, 7) is 3.67. The first-order chi connectivity index (χ1) is 18.6. The summed E-state index contributed by atoms with van der Waals surface area (Å²) in [5.74, 6) is -1.07. The highest BCUT2D eigenvalue weighted by molar-refractivity contribution is 7.89. The summed E-state index contributed by atoms with van der Waals surface area (Å²) in [6.07, 6.45) is 1.08. The number of aliphatic carboxylic acids is 1. The number of nitrogens with one attached hydrogen (secondary N) is 2. The van der Waals surface area contributed by atoms with Crippen molar-refractivity contribution in [2.45, 2.75) is 37.6 Å². The molecular formula is C29H30N2O7S. The molecule has 0 radical (unpaired) electrons. The topological polar surface area (TPSA) is 135 Å². The van der Waals surface area contributed by atoms with E-state index in [0.717, 1.165) is 16.5 Å². The highest BCUT2D eigenvalue weighted by atomic mass is 32.2. The normalized spacial score (nSPS) is 12.4. The SMILES string of the molecule is CCC(CC)[C@H](NS(=O)(=O)c1ccc(-c2ccc(NC(=O)c3cc4cc(OC)ccc4o3)cc2)cc1)C(=O)O. The molecule has 1 amide bonds. The molecule has 10 heteroatoms. The average molecular weight is 551 g/mol. The molecule has 1 heterocycles. The lowest BCUT2D eigenvalue weighted by Crippen LogP contribution is -2.45. The van der Waals surface area contributed by atoms with E-state index in [4.69, 9.17) is 9.15 Å². The van der Waals surface area contributed by atoms with Gasteiger partial charge in [-0.1, -0.05) is 51.0 Å². The van der Waals surface area contributed by atoms with Gasteiger partial charge in [-0.05, 0) is 65.6 Å². The van der Waals surface area contributed by atoms with Crippen LogP contribution in [0.2, 0.25) is 0 Å². The quantitative estimate of drug-likeness (QED) is 0.223. The van der Waals surface area contributed by atoms with Crippen molar-refractivity contribution in [3.8, 4) is 16.9 Å². The number of benzene rings is 3. The molecule has 0 aliphatic carbocycles. The number of carboxylic acid groups (broad SMARTS) is 1. The Bertz CT molecular complexity index is 1570. The number of carbonyl (C=O) groups excluding carboxylic acids is 1. The van der Waals surface area contributed by atoms with Gasteiger partial charge < -0.3 is 19.6 Å². The molecule has 1 atom stereocenters. The van der Waals surface area contributed by atoms with Crippen LogP contribution in [0, 0.1) is 5.92 Å². The molecule has 0 aliphatic rings. The minimum absolute atomic E-state index is 0.0178. The molecule has 3 aromatic carbocycles. The first-order valence-electron chi connectivity index (χ1n) is 12.5. The van der Waals surface area contributed by atoms with Gasteiger partial charge in [0, 0.05) is 11.1 Å². The third-order valence-corrected chi connectivity index (χ3v) is 8.11. The van der Waals surface area contributed by atoms with Crippen LogP contribution in [0.4, 0.5) is 5.69 Å². The molecule has 0 bridgehead atoms. The fourth-order valence-electron chi connectivity index (χ4n) is 4.37. The zero-order valence-corrected chi connectivity index (χ0v) is 22.6. The fourth-order valence-corrected chi connectivity index (χ4v) is 5.63. The van der Waals surface area contributed by atoms with Crippen LogP contribution in [0.25, 0.3) is 22.1 Å². The van der Waals surface area contributed by atoms with Crippen molar-refractivity contribution in [2.75, 3.05) is 12.4 Å². The average Bonchev–Trinajstić information content (AvgIpc) is 3.37. The second-order valence-corrected chi connectivity index (χ2v) is 10.8. The van der Waals surface area contributed by atoms with Gasteiger partial charge in [-0.3, -0.25) is 9.59 Å². The number of hydrogen-bond donors (Lipinski definition) is 3. The van der Waals surface area contributed by atoms with Crippen LogP contribution >= 0.6 is 0 Å². The number of methoxy groups -OCH3 is 1. The predicted octanol–water partition coefficient (Wildman–Crippen LogP) is 5.53. The number of anilines is 1. The van der Waals surface area contributed by atoms with Gasteiger partial charge in [-0.15, -0.1) is 0 Å². The summed E-state index contributed by atoms with van der Waals surface area (Å²) in [5, 5.41) is 13.1. The van der Waals surface area contributed by atoms with Crippen molar-refractivity contribution < 1.29 is 32.3 Å². The highest BCUT2D eigenvalue weighted by Crippen LogP contribution is 2.26. The van der Waals surface area contributed by atoms with Gasteiger partial charge in [0.1, 0.15) is 17.4 Å².